The zero-order valence-corrected chi connectivity index (χ0v) is 9.74. The van der Waals surface area contributed by atoms with Crippen LogP contribution >= 0.6 is 0 Å². The molecule has 15 heavy (non-hydrogen) atoms. The lowest BCUT2D eigenvalue weighted by Gasteiger charge is -2.30. The Morgan fingerprint density at radius 2 is 2.27 bits per heavy atom. The summed E-state index contributed by atoms with van der Waals surface area (Å²) in [6.45, 7) is 2.00. The second kappa shape index (κ2) is 6.08. The molecule has 1 aliphatic rings. The van der Waals surface area contributed by atoms with E-state index in [2.05, 4.69) is 16.7 Å². The molecule has 0 bridgehead atoms. The molecule has 1 fully saturated rings. The zero-order chi connectivity index (χ0) is 11.3. The summed E-state index contributed by atoms with van der Waals surface area (Å²) in [4.78, 5) is 13.3. The molecule has 0 aromatic rings. The van der Waals surface area contributed by atoms with Crippen LogP contribution < -0.4 is 5.73 Å². The molecule has 1 rings (SSSR count). The van der Waals surface area contributed by atoms with Gasteiger partial charge < -0.3 is 15.4 Å². The van der Waals surface area contributed by atoms with Gasteiger partial charge >= 0.3 is 5.97 Å². The molecule has 88 valence electrons. The van der Waals surface area contributed by atoms with Crippen molar-refractivity contribution in [1.29, 1.82) is 0 Å². The maximum absolute atomic E-state index is 11.0. The average molecular weight is 214 g/mol. The average Bonchev–Trinajstić information content (AvgIpc) is 2.18. The van der Waals surface area contributed by atoms with E-state index in [0.29, 0.717) is 6.42 Å². The molecule has 0 aliphatic heterocycles. The number of rotatable bonds is 6. The first-order chi connectivity index (χ1) is 7.13. The second-order valence-corrected chi connectivity index (χ2v) is 4.48. The number of hydrogen-bond acceptors (Lipinski definition) is 4. The van der Waals surface area contributed by atoms with Crippen molar-refractivity contribution < 1.29 is 9.53 Å². The van der Waals surface area contributed by atoms with Gasteiger partial charge in [0, 0.05) is 6.54 Å². The molecule has 1 aliphatic carbocycles. The second-order valence-electron chi connectivity index (χ2n) is 4.48. The Hall–Kier alpha value is -0.610. The van der Waals surface area contributed by atoms with Crippen LogP contribution in [0.5, 0.6) is 0 Å². The van der Waals surface area contributed by atoms with Gasteiger partial charge in [0.2, 0.25) is 0 Å². The fourth-order valence-corrected chi connectivity index (χ4v) is 1.84. The molecular weight excluding hydrogens is 192 g/mol. The topological polar surface area (TPSA) is 55.6 Å². The number of carbonyl (C=O) groups is 1. The smallest absolute Gasteiger partial charge is 0.322 e. The Bertz CT molecular complexity index is 205. The van der Waals surface area contributed by atoms with Crippen molar-refractivity contribution >= 4 is 5.97 Å². The van der Waals surface area contributed by atoms with E-state index < -0.39 is 6.04 Å². The monoisotopic (exact) mass is 214 g/mol. The van der Waals surface area contributed by atoms with Gasteiger partial charge in [0.1, 0.15) is 6.04 Å². The van der Waals surface area contributed by atoms with Gasteiger partial charge in [-0.2, -0.15) is 0 Å². The molecule has 1 atom stereocenters. The largest absolute Gasteiger partial charge is 0.468 e. The van der Waals surface area contributed by atoms with Crippen LogP contribution in [0.3, 0.4) is 0 Å². The van der Waals surface area contributed by atoms with Crippen LogP contribution in [-0.4, -0.2) is 44.2 Å². The minimum atomic E-state index is -0.473. The van der Waals surface area contributed by atoms with E-state index in [0.717, 1.165) is 19.0 Å². The van der Waals surface area contributed by atoms with Gasteiger partial charge in [-0.3, -0.25) is 4.79 Å². The van der Waals surface area contributed by atoms with Crippen LogP contribution in [0.25, 0.3) is 0 Å². The van der Waals surface area contributed by atoms with Gasteiger partial charge in [-0.1, -0.05) is 6.42 Å². The maximum atomic E-state index is 11.0. The van der Waals surface area contributed by atoms with Gasteiger partial charge in [0.05, 0.1) is 7.11 Å². The van der Waals surface area contributed by atoms with E-state index in [1.54, 1.807) is 0 Å². The van der Waals surface area contributed by atoms with Gasteiger partial charge in [0.25, 0.3) is 0 Å². The summed E-state index contributed by atoms with van der Waals surface area (Å²) in [5.41, 5.74) is 5.65. The number of nitrogens with zero attached hydrogens (tertiary/aromatic N) is 1. The number of esters is 1. The van der Waals surface area contributed by atoms with Gasteiger partial charge in [-0.25, -0.2) is 0 Å². The van der Waals surface area contributed by atoms with E-state index in [4.69, 9.17) is 5.73 Å². The number of methoxy groups -OCH3 is 1. The molecule has 0 heterocycles. The Balaban J connectivity index is 2.09. The number of carbonyl (C=O) groups excluding carboxylic acids is 1. The molecule has 0 aromatic carbocycles. The summed E-state index contributed by atoms with van der Waals surface area (Å²) >= 11 is 0. The molecule has 4 heteroatoms. The first kappa shape index (κ1) is 12.5. The lowest BCUT2D eigenvalue weighted by molar-refractivity contribution is -0.142. The minimum absolute atomic E-state index is 0.313. The van der Waals surface area contributed by atoms with Crippen LogP contribution in [0.4, 0.5) is 0 Å². The van der Waals surface area contributed by atoms with E-state index in [-0.39, 0.29) is 5.97 Å². The summed E-state index contributed by atoms with van der Waals surface area (Å²) in [6.07, 6.45) is 4.76. The molecule has 0 spiro atoms. The Morgan fingerprint density at radius 3 is 2.73 bits per heavy atom. The van der Waals surface area contributed by atoms with Crippen molar-refractivity contribution in [3.63, 3.8) is 0 Å². The lowest BCUT2D eigenvalue weighted by Crippen LogP contribution is -2.37. The normalized spacial score (nSPS) is 18.7. The zero-order valence-electron chi connectivity index (χ0n) is 9.74. The third-order valence-corrected chi connectivity index (χ3v) is 3.12. The van der Waals surface area contributed by atoms with Gasteiger partial charge in [0.15, 0.2) is 0 Å². The number of nitrogens with two attached hydrogens (primary N) is 1. The van der Waals surface area contributed by atoms with Crippen LogP contribution in [0.1, 0.15) is 25.7 Å². The first-order valence-electron chi connectivity index (χ1n) is 5.65. The Kier molecular flexibility index (Phi) is 5.05. The molecule has 1 saturated carbocycles. The molecule has 0 saturated heterocycles. The summed E-state index contributed by atoms with van der Waals surface area (Å²) in [7, 11) is 3.46. The first-order valence-corrected chi connectivity index (χ1v) is 5.65. The van der Waals surface area contributed by atoms with Crippen LogP contribution in [-0.2, 0) is 9.53 Å². The Labute approximate surface area is 91.8 Å². The fraction of sp³-hybridized carbons (Fsp3) is 0.909. The highest BCUT2D eigenvalue weighted by molar-refractivity contribution is 5.75. The highest BCUT2D eigenvalue weighted by atomic mass is 16.5. The van der Waals surface area contributed by atoms with Gasteiger partial charge in [-0.05, 0) is 38.8 Å². The van der Waals surface area contributed by atoms with E-state index in [9.17, 15) is 4.79 Å². The summed E-state index contributed by atoms with van der Waals surface area (Å²) < 4.78 is 4.58. The quantitative estimate of drug-likeness (QED) is 0.658. The SMILES string of the molecule is COC(=O)C(N)CCN(C)CC1CCC1. The maximum Gasteiger partial charge on any atom is 0.322 e. The highest BCUT2D eigenvalue weighted by Crippen LogP contribution is 2.26. The van der Waals surface area contributed by atoms with Crippen molar-refractivity contribution in [1.82, 2.24) is 4.90 Å². The Morgan fingerprint density at radius 1 is 1.60 bits per heavy atom. The van der Waals surface area contributed by atoms with Crippen molar-refractivity contribution in [3.05, 3.63) is 0 Å². The molecule has 4 nitrogen and oxygen atoms in total. The lowest BCUT2D eigenvalue weighted by atomic mass is 9.85. The molecule has 0 radical (unpaired) electrons. The molecule has 2 N–H and O–H groups in total. The predicted octanol–water partition coefficient (Wildman–Crippen LogP) is 0.609. The molecule has 0 amide bonds. The highest BCUT2D eigenvalue weighted by Gasteiger charge is 2.20. The third-order valence-electron chi connectivity index (χ3n) is 3.12. The van der Waals surface area contributed by atoms with Crippen molar-refractivity contribution in [2.45, 2.75) is 31.7 Å². The molecule has 0 aromatic heterocycles. The molecule has 1 unspecified atom stereocenters. The molecular formula is C11H22N2O2. The van der Waals surface area contributed by atoms with Crippen molar-refractivity contribution in [2.24, 2.45) is 11.7 Å². The van der Waals surface area contributed by atoms with Gasteiger partial charge in [-0.15, -0.1) is 0 Å². The van der Waals surface area contributed by atoms with Crippen LogP contribution in [0.2, 0.25) is 0 Å². The summed E-state index contributed by atoms with van der Waals surface area (Å²) in [5, 5.41) is 0. The number of hydrogen-bond donors (Lipinski definition) is 1. The summed E-state index contributed by atoms with van der Waals surface area (Å²) in [5.74, 6) is 0.552. The van der Waals surface area contributed by atoms with Crippen LogP contribution in [0, 0.1) is 5.92 Å². The summed E-state index contributed by atoms with van der Waals surface area (Å²) in [6, 6.07) is -0.473. The number of ether oxygens (including phenoxy) is 1. The predicted molar refractivity (Wildman–Crippen MR) is 59.4 cm³/mol. The minimum Gasteiger partial charge on any atom is -0.468 e. The van der Waals surface area contributed by atoms with Crippen molar-refractivity contribution in [3.8, 4) is 0 Å². The van der Waals surface area contributed by atoms with E-state index >= 15 is 0 Å². The third kappa shape index (κ3) is 4.18. The van der Waals surface area contributed by atoms with Crippen LogP contribution in [0.15, 0.2) is 0 Å². The van der Waals surface area contributed by atoms with E-state index in [1.807, 2.05) is 0 Å². The van der Waals surface area contributed by atoms with Crippen molar-refractivity contribution in [2.75, 3.05) is 27.2 Å². The van der Waals surface area contributed by atoms with E-state index in [1.165, 1.54) is 26.4 Å². The fourth-order valence-electron chi connectivity index (χ4n) is 1.84. The standard InChI is InChI=1S/C11H22N2O2/c1-13(8-9-4-3-5-9)7-6-10(12)11(14)15-2/h9-10H,3-8,12H2,1-2H3.